The number of hydrogen-bond donors (Lipinski definition) is 3. The number of aliphatic hydroxyl groups excluding tert-OH is 1. The van der Waals surface area contributed by atoms with Crippen molar-refractivity contribution in [3.8, 4) is 23.7 Å². The number of carbonyl (C=O) groups excluding carboxylic acids is 1. The Morgan fingerprint density at radius 2 is 1.97 bits per heavy atom. The minimum absolute atomic E-state index is 0.204. The summed E-state index contributed by atoms with van der Waals surface area (Å²) in [4.78, 5) is 27.3. The van der Waals surface area contributed by atoms with Gasteiger partial charge in [0, 0.05) is 44.8 Å². The van der Waals surface area contributed by atoms with Crippen LogP contribution in [0.5, 0.6) is 0 Å². The van der Waals surface area contributed by atoms with Crippen molar-refractivity contribution >= 4 is 33.8 Å². The number of nitrogens with zero attached hydrogens (tertiary/aromatic N) is 3. The number of aromatic nitrogens is 3. The molecule has 2 aromatic carbocycles. The quantitative estimate of drug-likeness (QED) is 0.195. The molecule has 3 aromatic heterocycles. The second-order valence-corrected chi connectivity index (χ2v) is 10.7. The number of fused-ring (bicyclic) bond motifs is 1. The number of oxazole rings is 1. The number of hydrogen-bond acceptors (Lipinski definition) is 7. The molecule has 0 saturated heterocycles. The summed E-state index contributed by atoms with van der Waals surface area (Å²) < 4.78 is 5.43. The normalized spacial score (nSPS) is 13.2. The van der Waals surface area contributed by atoms with Crippen LogP contribution < -0.4 is 10.2 Å². The molecule has 0 aliphatic heterocycles. The van der Waals surface area contributed by atoms with E-state index in [2.05, 4.69) is 26.2 Å². The zero-order chi connectivity index (χ0) is 26.9. The fourth-order valence-electron chi connectivity index (χ4n) is 4.42. The summed E-state index contributed by atoms with van der Waals surface area (Å²) in [5.41, 5.74) is 2.79. The predicted molar refractivity (Wildman–Crippen MR) is 149 cm³/mol. The average Bonchev–Trinajstić information content (AvgIpc) is 3.67. The van der Waals surface area contributed by atoms with Gasteiger partial charge < -0.3 is 14.5 Å². The molecule has 0 radical (unpaired) electrons. The van der Waals surface area contributed by atoms with Crippen molar-refractivity contribution in [2.24, 2.45) is 0 Å². The van der Waals surface area contributed by atoms with E-state index in [1.54, 1.807) is 16.5 Å². The highest BCUT2D eigenvalue weighted by atomic mass is 32.1. The van der Waals surface area contributed by atoms with Gasteiger partial charge in [-0.15, -0.1) is 17.8 Å². The zero-order valence-electron chi connectivity index (χ0n) is 21.2. The standard InChI is InChI=1S/C29H27N5O3S/c1-5-25-32-23(16-38-25)28(36)34(19-12-10-18(11-13-19)24-15-30-17-37-24)26(27(35)33-29(2,3)4)21-14-31-22-9-7-6-8-20(21)22/h1,6-17,26-27,31,33,35H,2-4H3. The van der Waals surface area contributed by atoms with Crippen molar-refractivity contribution in [1.29, 1.82) is 0 Å². The SMILES string of the molecule is C#Cc1nc(C(=O)N(c2ccc(-c3cnco3)cc2)C(c2c[nH]c3ccccc23)C(O)NC(C)(C)C)cs1. The van der Waals surface area contributed by atoms with Crippen molar-refractivity contribution in [1.82, 2.24) is 20.3 Å². The van der Waals surface area contributed by atoms with E-state index in [0.29, 0.717) is 16.5 Å². The molecular weight excluding hydrogens is 498 g/mol. The molecule has 0 spiro atoms. The lowest BCUT2D eigenvalue weighted by molar-refractivity contribution is 0.0694. The first-order valence-corrected chi connectivity index (χ1v) is 12.9. The Labute approximate surface area is 224 Å². The monoisotopic (exact) mass is 525 g/mol. The Kier molecular flexibility index (Phi) is 6.87. The molecule has 9 heteroatoms. The molecule has 0 saturated carbocycles. The summed E-state index contributed by atoms with van der Waals surface area (Å²) in [6, 6.07) is 14.3. The van der Waals surface area contributed by atoms with Gasteiger partial charge in [-0.2, -0.15) is 0 Å². The van der Waals surface area contributed by atoms with Gasteiger partial charge in [0.1, 0.15) is 18.0 Å². The Morgan fingerprint density at radius 1 is 1.21 bits per heavy atom. The first-order valence-electron chi connectivity index (χ1n) is 12.0. The molecule has 3 N–H and O–H groups in total. The lowest BCUT2D eigenvalue weighted by Gasteiger charge is -2.37. The van der Waals surface area contributed by atoms with Gasteiger partial charge in [0.25, 0.3) is 5.91 Å². The van der Waals surface area contributed by atoms with Crippen molar-refractivity contribution < 1.29 is 14.3 Å². The van der Waals surface area contributed by atoms with Crippen molar-refractivity contribution in [2.75, 3.05) is 4.90 Å². The Morgan fingerprint density at radius 3 is 2.63 bits per heavy atom. The molecule has 2 unspecified atom stereocenters. The van der Waals surface area contributed by atoms with E-state index >= 15 is 0 Å². The summed E-state index contributed by atoms with van der Waals surface area (Å²) in [5, 5.41) is 17.9. The molecule has 3 heterocycles. The number of amides is 1. The number of carbonyl (C=O) groups is 1. The summed E-state index contributed by atoms with van der Waals surface area (Å²) in [6.45, 7) is 5.88. The van der Waals surface area contributed by atoms with Crippen molar-refractivity contribution in [3.05, 3.63) is 89.0 Å². The molecule has 5 rings (SSSR count). The van der Waals surface area contributed by atoms with Crippen LogP contribution in [0.15, 0.2) is 77.1 Å². The second-order valence-electron chi connectivity index (χ2n) is 9.84. The average molecular weight is 526 g/mol. The third-order valence-electron chi connectivity index (χ3n) is 6.03. The molecule has 0 aliphatic carbocycles. The van der Waals surface area contributed by atoms with Crippen LogP contribution in [0.2, 0.25) is 0 Å². The molecule has 5 aromatic rings. The number of nitrogens with one attached hydrogen (secondary N) is 2. The van der Waals surface area contributed by atoms with Crippen LogP contribution in [0.25, 0.3) is 22.2 Å². The van der Waals surface area contributed by atoms with E-state index in [0.717, 1.165) is 22.0 Å². The maximum absolute atomic E-state index is 14.2. The van der Waals surface area contributed by atoms with E-state index in [-0.39, 0.29) is 11.6 Å². The Balaban J connectivity index is 1.68. The molecule has 8 nitrogen and oxygen atoms in total. The molecule has 0 fully saturated rings. The van der Waals surface area contributed by atoms with Gasteiger partial charge in [-0.1, -0.05) is 18.2 Å². The first-order chi connectivity index (χ1) is 18.2. The van der Waals surface area contributed by atoms with E-state index in [1.165, 1.54) is 17.7 Å². The molecule has 0 aliphatic rings. The number of aromatic amines is 1. The highest BCUT2D eigenvalue weighted by Crippen LogP contribution is 2.36. The van der Waals surface area contributed by atoms with Crippen LogP contribution in [-0.2, 0) is 0 Å². The Bertz CT molecular complexity index is 1590. The summed E-state index contributed by atoms with van der Waals surface area (Å²) in [5.74, 6) is 2.71. The van der Waals surface area contributed by atoms with Gasteiger partial charge in [0.05, 0.1) is 6.20 Å². The van der Waals surface area contributed by atoms with Gasteiger partial charge in [0.15, 0.2) is 17.2 Å². The highest BCUT2D eigenvalue weighted by Gasteiger charge is 2.37. The minimum atomic E-state index is -1.13. The van der Waals surface area contributed by atoms with Crippen LogP contribution >= 0.6 is 11.3 Å². The molecule has 38 heavy (non-hydrogen) atoms. The zero-order valence-corrected chi connectivity index (χ0v) is 22.0. The summed E-state index contributed by atoms with van der Waals surface area (Å²) in [7, 11) is 0. The van der Waals surface area contributed by atoms with Crippen LogP contribution in [-0.4, -0.2) is 37.7 Å². The summed E-state index contributed by atoms with van der Waals surface area (Å²) in [6.07, 6.45) is 9.23. The number of rotatable bonds is 7. The second kappa shape index (κ2) is 10.3. The molecule has 2 atom stereocenters. The number of anilines is 1. The number of benzene rings is 2. The van der Waals surface area contributed by atoms with Crippen LogP contribution in [0.4, 0.5) is 5.69 Å². The van der Waals surface area contributed by atoms with E-state index < -0.39 is 17.8 Å². The van der Waals surface area contributed by atoms with Crippen LogP contribution in [0.1, 0.15) is 47.9 Å². The highest BCUT2D eigenvalue weighted by molar-refractivity contribution is 7.10. The Hall–Kier alpha value is -4.23. The number of terminal acetylenes is 1. The predicted octanol–water partition coefficient (Wildman–Crippen LogP) is 5.36. The van der Waals surface area contributed by atoms with E-state index in [1.807, 2.05) is 75.5 Å². The first kappa shape index (κ1) is 25.4. The maximum Gasteiger partial charge on any atom is 0.278 e. The fourth-order valence-corrected chi connectivity index (χ4v) is 5.02. The lowest BCUT2D eigenvalue weighted by Crippen LogP contribution is -2.52. The number of aliphatic hydroxyl groups is 1. The van der Waals surface area contributed by atoms with E-state index in [9.17, 15) is 9.90 Å². The van der Waals surface area contributed by atoms with Crippen LogP contribution in [0, 0.1) is 12.3 Å². The maximum atomic E-state index is 14.2. The third kappa shape index (κ3) is 5.10. The van der Waals surface area contributed by atoms with Crippen molar-refractivity contribution in [2.45, 2.75) is 38.6 Å². The molecule has 1 amide bonds. The minimum Gasteiger partial charge on any atom is -0.444 e. The van der Waals surface area contributed by atoms with Gasteiger partial charge in [-0.3, -0.25) is 15.0 Å². The summed E-state index contributed by atoms with van der Waals surface area (Å²) >= 11 is 1.22. The fraction of sp³-hybridized carbons (Fsp3) is 0.207. The smallest absolute Gasteiger partial charge is 0.278 e. The van der Waals surface area contributed by atoms with Crippen LogP contribution in [0.3, 0.4) is 0 Å². The lowest BCUT2D eigenvalue weighted by atomic mass is 9.98. The molecule has 192 valence electrons. The number of thiazole rings is 1. The van der Waals surface area contributed by atoms with Crippen molar-refractivity contribution in [3.63, 3.8) is 0 Å². The van der Waals surface area contributed by atoms with E-state index in [4.69, 9.17) is 10.8 Å². The van der Waals surface area contributed by atoms with Gasteiger partial charge >= 0.3 is 0 Å². The van der Waals surface area contributed by atoms with Gasteiger partial charge in [0.2, 0.25) is 0 Å². The third-order valence-corrected chi connectivity index (χ3v) is 6.80. The number of H-pyrrole nitrogens is 1. The number of para-hydroxylation sites is 1. The largest absolute Gasteiger partial charge is 0.444 e. The molecular formula is C29H27N5O3S. The van der Waals surface area contributed by atoms with Gasteiger partial charge in [-0.25, -0.2) is 9.97 Å². The van der Waals surface area contributed by atoms with Gasteiger partial charge in [-0.05, 0) is 57.0 Å². The molecule has 0 bridgehead atoms. The topological polar surface area (TPSA) is 107 Å².